The van der Waals surface area contributed by atoms with Gasteiger partial charge in [-0.3, -0.25) is 0 Å². The molecule has 0 aliphatic carbocycles. The lowest BCUT2D eigenvalue weighted by atomic mass is 9.93. The summed E-state index contributed by atoms with van der Waals surface area (Å²) >= 11 is 0. The Hall–Kier alpha value is -1.49. The summed E-state index contributed by atoms with van der Waals surface area (Å²) in [5.41, 5.74) is 3.51. The van der Waals surface area contributed by atoms with Gasteiger partial charge in [-0.15, -0.1) is 0 Å². The largest absolute Gasteiger partial charge is 0.370 e. The molecule has 1 fully saturated rings. The van der Waals surface area contributed by atoms with Crippen LogP contribution in [0.1, 0.15) is 31.4 Å². The molecule has 2 heteroatoms. The van der Waals surface area contributed by atoms with Gasteiger partial charge in [0.25, 0.3) is 0 Å². The summed E-state index contributed by atoms with van der Waals surface area (Å²) in [7, 11) is 0. The minimum Gasteiger partial charge on any atom is -0.370 e. The molecule has 0 bridgehead atoms. The summed E-state index contributed by atoms with van der Waals surface area (Å²) in [6, 6.07) is 8.25. The van der Waals surface area contributed by atoms with Gasteiger partial charge in [0.1, 0.15) is 6.07 Å². The normalized spacial score (nSPS) is 18.5. The molecule has 1 aromatic carbocycles. The molecule has 0 spiro atoms. The van der Waals surface area contributed by atoms with Crippen LogP contribution in [0.2, 0.25) is 0 Å². The highest BCUT2D eigenvalue weighted by Crippen LogP contribution is 2.35. The molecule has 1 heterocycles. The fraction of sp³-hybridized carbons (Fsp3) is 0.500. The third-order valence-corrected chi connectivity index (χ3v) is 3.35. The summed E-state index contributed by atoms with van der Waals surface area (Å²) in [5, 5.41) is 9.16. The first kappa shape index (κ1) is 11.0. The van der Waals surface area contributed by atoms with Gasteiger partial charge in [-0.2, -0.15) is 5.26 Å². The number of anilines is 1. The molecular weight excluding hydrogens is 196 g/mol. The molecule has 0 amide bonds. The second-order valence-corrected chi connectivity index (χ2v) is 5.42. The van der Waals surface area contributed by atoms with E-state index < -0.39 is 0 Å². The standard InChI is InChI=1S/C14H18N2/c1-11-5-4-6-12(9-15)13(11)16-8-7-14(2,3)10-16/h4-6H,7-8,10H2,1-3H3. The average Bonchev–Trinajstić information content (AvgIpc) is 2.58. The number of hydrogen-bond acceptors (Lipinski definition) is 2. The maximum atomic E-state index is 9.16. The Morgan fingerprint density at radius 2 is 2.12 bits per heavy atom. The van der Waals surface area contributed by atoms with E-state index in [9.17, 15) is 0 Å². The molecule has 0 saturated carbocycles. The average molecular weight is 214 g/mol. The Bertz CT molecular complexity index is 441. The monoisotopic (exact) mass is 214 g/mol. The molecule has 0 atom stereocenters. The zero-order valence-electron chi connectivity index (χ0n) is 10.2. The van der Waals surface area contributed by atoms with Crippen molar-refractivity contribution in [2.45, 2.75) is 27.2 Å². The summed E-state index contributed by atoms with van der Waals surface area (Å²) in [4.78, 5) is 2.36. The summed E-state index contributed by atoms with van der Waals surface area (Å²) in [6.45, 7) is 8.77. The van der Waals surface area contributed by atoms with E-state index in [1.54, 1.807) is 0 Å². The predicted octanol–water partition coefficient (Wildman–Crippen LogP) is 3.10. The minimum absolute atomic E-state index is 0.370. The first-order chi connectivity index (χ1) is 7.53. The second-order valence-electron chi connectivity index (χ2n) is 5.42. The van der Waals surface area contributed by atoms with Gasteiger partial charge in [-0.25, -0.2) is 0 Å². The molecule has 0 aromatic heterocycles. The van der Waals surface area contributed by atoms with Crippen LogP contribution in [0.4, 0.5) is 5.69 Å². The summed E-state index contributed by atoms with van der Waals surface area (Å²) < 4.78 is 0. The quantitative estimate of drug-likeness (QED) is 0.718. The summed E-state index contributed by atoms with van der Waals surface area (Å²) in [6.07, 6.45) is 1.20. The van der Waals surface area contributed by atoms with Crippen LogP contribution >= 0.6 is 0 Å². The highest BCUT2D eigenvalue weighted by molar-refractivity contribution is 5.64. The van der Waals surface area contributed by atoms with Gasteiger partial charge in [-0.05, 0) is 30.4 Å². The van der Waals surface area contributed by atoms with E-state index in [1.807, 2.05) is 12.1 Å². The molecule has 16 heavy (non-hydrogen) atoms. The van der Waals surface area contributed by atoms with Crippen molar-refractivity contribution in [1.29, 1.82) is 5.26 Å². The molecule has 0 radical (unpaired) electrons. The predicted molar refractivity (Wildman–Crippen MR) is 66.5 cm³/mol. The molecule has 2 rings (SSSR count). The number of hydrogen-bond donors (Lipinski definition) is 0. The lowest BCUT2D eigenvalue weighted by Crippen LogP contribution is -2.24. The maximum Gasteiger partial charge on any atom is 0.101 e. The van der Waals surface area contributed by atoms with Gasteiger partial charge in [0.05, 0.1) is 11.3 Å². The SMILES string of the molecule is Cc1cccc(C#N)c1N1CCC(C)(C)C1. The van der Waals surface area contributed by atoms with Crippen LogP contribution in [0.3, 0.4) is 0 Å². The Morgan fingerprint density at radius 3 is 2.69 bits per heavy atom. The van der Waals surface area contributed by atoms with Crippen molar-refractivity contribution in [2.75, 3.05) is 18.0 Å². The third kappa shape index (κ3) is 1.90. The van der Waals surface area contributed by atoms with E-state index in [0.717, 1.165) is 24.3 Å². The lowest BCUT2D eigenvalue weighted by Gasteiger charge is -2.24. The highest BCUT2D eigenvalue weighted by atomic mass is 15.2. The molecule has 1 saturated heterocycles. The zero-order valence-corrected chi connectivity index (χ0v) is 10.2. The van der Waals surface area contributed by atoms with Crippen molar-refractivity contribution in [3.63, 3.8) is 0 Å². The number of benzene rings is 1. The fourth-order valence-electron chi connectivity index (χ4n) is 2.47. The van der Waals surface area contributed by atoms with Crippen LogP contribution in [0, 0.1) is 23.7 Å². The maximum absolute atomic E-state index is 9.16. The molecule has 2 nitrogen and oxygen atoms in total. The zero-order chi connectivity index (χ0) is 11.8. The molecule has 0 unspecified atom stereocenters. The highest BCUT2D eigenvalue weighted by Gasteiger charge is 2.30. The Labute approximate surface area is 97.5 Å². The molecule has 1 aromatic rings. The Kier molecular flexibility index (Phi) is 2.63. The van der Waals surface area contributed by atoms with Gasteiger partial charge in [-0.1, -0.05) is 26.0 Å². The summed E-state index contributed by atoms with van der Waals surface area (Å²) in [5.74, 6) is 0. The van der Waals surface area contributed by atoms with Crippen molar-refractivity contribution in [2.24, 2.45) is 5.41 Å². The first-order valence-corrected chi connectivity index (χ1v) is 5.78. The number of nitrogens with zero attached hydrogens (tertiary/aromatic N) is 2. The number of rotatable bonds is 1. The minimum atomic E-state index is 0.370. The van der Waals surface area contributed by atoms with Crippen LogP contribution < -0.4 is 4.90 Å². The number of nitriles is 1. The van der Waals surface area contributed by atoms with Gasteiger partial charge in [0, 0.05) is 13.1 Å². The molecule has 1 aliphatic rings. The van der Waals surface area contributed by atoms with E-state index in [1.165, 1.54) is 12.0 Å². The van der Waals surface area contributed by atoms with Gasteiger partial charge in [0.2, 0.25) is 0 Å². The van der Waals surface area contributed by atoms with Crippen LogP contribution in [0.15, 0.2) is 18.2 Å². The van der Waals surface area contributed by atoms with Crippen LogP contribution in [-0.4, -0.2) is 13.1 Å². The van der Waals surface area contributed by atoms with Crippen LogP contribution in [0.5, 0.6) is 0 Å². The van der Waals surface area contributed by atoms with Gasteiger partial charge >= 0.3 is 0 Å². The van der Waals surface area contributed by atoms with Crippen LogP contribution in [-0.2, 0) is 0 Å². The Balaban J connectivity index is 2.38. The van der Waals surface area contributed by atoms with Crippen molar-refractivity contribution in [3.05, 3.63) is 29.3 Å². The van der Waals surface area contributed by atoms with Crippen molar-refractivity contribution >= 4 is 5.69 Å². The van der Waals surface area contributed by atoms with E-state index in [4.69, 9.17) is 5.26 Å². The molecule has 0 N–H and O–H groups in total. The topological polar surface area (TPSA) is 27.0 Å². The number of para-hydroxylation sites is 1. The first-order valence-electron chi connectivity index (χ1n) is 5.78. The Morgan fingerprint density at radius 1 is 1.38 bits per heavy atom. The van der Waals surface area contributed by atoms with Gasteiger partial charge in [0.15, 0.2) is 0 Å². The molecular formula is C14H18N2. The number of aryl methyl sites for hydroxylation is 1. The fourth-order valence-corrected chi connectivity index (χ4v) is 2.47. The molecule has 84 valence electrons. The van der Waals surface area contributed by atoms with E-state index in [-0.39, 0.29) is 0 Å². The van der Waals surface area contributed by atoms with E-state index in [2.05, 4.69) is 37.8 Å². The molecule has 1 aliphatic heterocycles. The van der Waals surface area contributed by atoms with Crippen molar-refractivity contribution in [3.8, 4) is 6.07 Å². The van der Waals surface area contributed by atoms with Gasteiger partial charge < -0.3 is 4.90 Å². The van der Waals surface area contributed by atoms with E-state index in [0.29, 0.717) is 5.41 Å². The van der Waals surface area contributed by atoms with Crippen LogP contribution in [0.25, 0.3) is 0 Å². The van der Waals surface area contributed by atoms with Crippen molar-refractivity contribution in [1.82, 2.24) is 0 Å². The van der Waals surface area contributed by atoms with Crippen molar-refractivity contribution < 1.29 is 0 Å². The van der Waals surface area contributed by atoms with E-state index >= 15 is 0 Å². The lowest BCUT2D eigenvalue weighted by molar-refractivity contribution is 0.418. The smallest absolute Gasteiger partial charge is 0.101 e. The second kappa shape index (κ2) is 3.83. The third-order valence-electron chi connectivity index (χ3n) is 3.35.